The van der Waals surface area contributed by atoms with E-state index in [0.29, 0.717) is 6.04 Å². The molecule has 1 N–H and O–H groups in total. The first-order valence-corrected chi connectivity index (χ1v) is 6.38. The number of hydrogen-bond donors (Lipinski definition) is 1. The molecule has 1 saturated carbocycles. The largest absolute Gasteiger partial charge is 0.358 e. The van der Waals surface area contributed by atoms with Crippen LogP contribution in [0.15, 0.2) is 6.58 Å². The zero-order chi connectivity index (χ0) is 10.8. The van der Waals surface area contributed by atoms with Crippen molar-refractivity contribution in [2.75, 3.05) is 5.32 Å². The fourth-order valence-corrected chi connectivity index (χ4v) is 3.06. The molecule has 0 aliphatic heterocycles. The van der Waals surface area contributed by atoms with Crippen molar-refractivity contribution in [1.82, 2.24) is 4.98 Å². The molecule has 0 amide bonds. The molecular weight excluding hydrogens is 204 g/mol. The highest BCUT2D eigenvalue weighted by atomic mass is 32.1. The number of rotatable bonds is 3. The normalized spacial score (nSPS) is 25.5. The predicted molar refractivity (Wildman–Crippen MR) is 67.4 cm³/mol. The van der Waals surface area contributed by atoms with Crippen LogP contribution in [0.2, 0.25) is 0 Å². The molecular formula is C12H18N2S. The average molecular weight is 222 g/mol. The number of nitrogens with zero attached hydrogens (tertiary/aromatic N) is 1. The van der Waals surface area contributed by atoms with Gasteiger partial charge in [0.05, 0.1) is 10.6 Å². The fourth-order valence-electron chi connectivity index (χ4n) is 2.18. The van der Waals surface area contributed by atoms with Crippen molar-refractivity contribution in [3.8, 4) is 0 Å². The lowest BCUT2D eigenvalue weighted by Gasteiger charge is -2.15. The van der Waals surface area contributed by atoms with Crippen molar-refractivity contribution < 1.29 is 0 Å². The Morgan fingerprint density at radius 2 is 2.33 bits per heavy atom. The van der Waals surface area contributed by atoms with Gasteiger partial charge in [-0.2, -0.15) is 0 Å². The van der Waals surface area contributed by atoms with E-state index < -0.39 is 0 Å². The third-order valence-electron chi connectivity index (χ3n) is 3.19. The van der Waals surface area contributed by atoms with Crippen LogP contribution < -0.4 is 5.32 Å². The molecule has 0 spiro atoms. The minimum absolute atomic E-state index is 0.619. The molecule has 1 aliphatic carbocycles. The standard InChI is InChI=1S/C12H18N2S/c1-4-11-9(3)13-12(15-11)14-10-7-5-6-8(10)2/h4,8,10H,1,5-7H2,2-3H3,(H,13,14). The second-order valence-corrected chi connectivity index (χ2v) is 5.36. The van der Waals surface area contributed by atoms with Gasteiger partial charge in [0.25, 0.3) is 0 Å². The van der Waals surface area contributed by atoms with E-state index in [9.17, 15) is 0 Å². The second kappa shape index (κ2) is 4.35. The van der Waals surface area contributed by atoms with Gasteiger partial charge in [-0.3, -0.25) is 0 Å². The highest BCUT2D eigenvalue weighted by molar-refractivity contribution is 7.16. The summed E-state index contributed by atoms with van der Waals surface area (Å²) in [4.78, 5) is 5.70. The predicted octanol–water partition coefficient (Wildman–Crippen LogP) is 3.70. The topological polar surface area (TPSA) is 24.9 Å². The van der Waals surface area contributed by atoms with Crippen LogP contribution in [-0.2, 0) is 0 Å². The Morgan fingerprint density at radius 3 is 2.87 bits per heavy atom. The Bertz CT molecular complexity index is 357. The van der Waals surface area contributed by atoms with E-state index >= 15 is 0 Å². The third kappa shape index (κ3) is 2.23. The highest BCUT2D eigenvalue weighted by Crippen LogP contribution is 2.30. The summed E-state index contributed by atoms with van der Waals surface area (Å²) < 4.78 is 0. The maximum absolute atomic E-state index is 4.52. The van der Waals surface area contributed by atoms with Crippen LogP contribution in [0.1, 0.15) is 36.8 Å². The van der Waals surface area contributed by atoms with Gasteiger partial charge in [-0.25, -0.2) is 4.98 Å². The molecule has 1 fully saturated rings. The zero-order valence-corrected chi connectivity index (χ0v) is 10.2. The number of nitrogens with one attached hydrogen (secondary N) is 1. The first-order chi connectivity index (χ1) is 7.20. The molecule has 1 aliphatic rings. The Hall–Kier alpha value is -0.830. The molecule has 15 heavy (non-hydrogen) atoms. The van der Waals surface area contributed by atoms with Crippen LogP contribution in [-0.4, -0.2) is 11.0 Å². The van der Waals surface area contributed by atoms with Crippen molar-refractivity contribution in [2.24, 2.45) is 5.92 Å². The molecule has 0 bridgehead atoms. The van der Waals surface area contributed by atoms with Gasteiger partial charge in [0.2, 0.25) is 0 Å². The lowest BCUT2D eigenvalue weighted by Crippen LogP contribution is -2.21. The Balaban J connectivity index is 2.07. The van der Waals surface area contributed by atoms with Crippen LogP contribution in [0.3, 0.4) is 0 Å². The van der Waals surface area contributed by atoms with Crippen molar-refractivity contribution >= 4 is 22.5 Å². The van der Waals surface area contributed by atoms with Gasteiger partial charge >= 0.3 is 0 Å². The van der Waals surface area contributed by atoms with Gasteiger partial charge in [0.15, 0.2) is 5.13 Å². The summed E-state index contributed by atoms with van der Waals surface area (Å²) in [6.07, 6.45) is 5.85. The third-order valence-corrected chi connectivity index (χ3v) is 4.27. The molecule has 2 unspecified atom stereocenters. The SMILES string of the molecule is C=Cc1sc(NC2CCCC2C)nc1C. The molecule has 82 valence electrons. The van der Waals surface area contributed by atoms with Crippen LogP contribution >= 0.6 is 11.3 Å². The monoisotopic (exact) mass is 222 g/mol. The highest BCUT2D eigenvalue weighted by Gasteiger charge is 2.23. The molecule has 3 heteroatoms. The molecule has 2 rings (SSSR count). The average Bonchev–Trinajstić information content (AvgIpc) is 2.75. The smallest absolute Gasteiger partial charge is 0.183 e. The number of anilines is 1. The van der Waals surface area contributed by atoms with E-state index in [0.717, 1.165) is 16.7 Å². The summed E-state index contributed by atoms with van der Waals surface area (Å²) in [5.74, 6) is 0.779. The van der Waals surface area contributed by atoms with E-state index in [1.165, 1.54) is 24.1 Å². The molecule has 1 heterocycles. The first kappa shape index (κ1) is 10.7. The summed E-state index contributed by atoms with van der Waals surface area (Å²) in [5.41, 5.74) is 1.09. The molecule has 1 aromatic heterocycles. The maximum atomic E-state index is 4.52. The van der Waals surface area contributed by atoms with Gasteiger partial charge < -0.3 is 5.32 Å². The van der Waals surface area contributed by atoms with Gasteiger partial charge in [0, 0.05) is 6.04 Å². The lowest BCUT2D eigenvalue weighted by molar-refractivity contribution is 0.556. The Kier molecular flexibility index (Phi) is 3.10. The van der Waals surface area contributed by atoms with E-state index in [4.69, 9.17) is 0 Å². The van der Waals surface area contributed by atoms with Crippen LogP contribution in [0.5, 0.6) is 0 Å². The maximum Gasteiger partial charge on any atom is 0.183 e. The van der Waals surface area contributed by atoms with Gasteiger partial charge in [-0.1, -0.05) is 37.3 Å². The quantitative estimate of drug-likeness (QED) is 0.843. The summed E-state index contributed by atoms with van der Waals surface area (Å²) in [6, 6.07) is 0.619. The minimum atomic E-state index is 0.619. The molecule has 2 atom stereocenters. The Labute approximate surface area is 95.4 Å². The van der Waals surface area contributed by atoms with Crippen molar-refractivity contribution in [2.45, 2.75) is 39.2 Å². The number of aromatic nitrogens is 1. The first-order valence-electron chi connectivity index (χ1n) is 5.57. The van der Waals surface area contributed by atoms with E-state index in [-0.39, 0.29) is 0 Å². The molecule has 1 aromatic rings. The van der Waals surface area contributed by atoms with Crippen LogP contribution in [0.25, 0.3) is 6.08 Å². The minimum Gasteiger partial charge on any atom is -0.358 e. The van der Waals surface area contributed by atoms with E-state index in [2.05, 4.69) is 23.8 Å². The zero-order valence-electron chi connectivity index (χ0n) is 9.42. The van der Waals surface area contributed by atoms with E-state index in [1.54, 1.807) is 11.3 Å². The number of aryl methyl sites for hydroxylation is 1. The lowest BCUT2D eigenvalue weighted by atomic mass is 10.1. The summed E-state index contributed by atoms with van der Waals surface area (Å²) >= 11 is 1.71. The summed E-state index contributed by atoms with van der Waals surface area (Å²) in [5, 5.41) is 4.60. The van der Waals surface area contributed by atoms with Crippen molar-refractivity contribution in [3.05, 3.63) is 17.2 Å². The van der Waals surface area contributed by atoms with Crippen LogP contribution in [0.4, 0.5) is 5.13 Å². The molecule has 0 radical (unpaired) electrons. The number of hydrogen-bond acceptors (Lipinski definition) is 3. The van der Waals surface area contributed by atoms with Gasteiger partial charge in [0.1, 0.15) is 0 Å². The van der Waals surface area contributed by atoms with Crippen molar-refractivity contribution in [3.63, 3.8) is 0 Å². The second-order valence-electron chi connectivity index (χ2n) is 4.33. The Morgan fingerprint density at radius 1 is 1.53 bits per heavy atom. The summed E-state index contributed by atoms with van der Waals surface area (Å²) in [6.45, 7) is 8.15. The van der Waals surface area contributed by atoms with Crippen molar-refractivity contribution in [1.29, 1.82) is 0 Å². The molecule has 0 saturated heterocycles. The van der Waals surface area contributed by atoms with Gasteiger partial charge in [-0.05, 0) is 25.7 Å². The van der Waals surface area contributed by atoms with E-state index in [1.807, 2.05) is 13.0 Å². The molecule has 2 nitrogen and oxygen atoms in total. The number of thiazole rings is 1. The van der Waals surface area contributed by atoms with Gasteiger partial charge in [-0.15, -0.1) is 0 Å². The fraction of sp³-hybridized carbons (Fsp3) is 0.583. The molecule has 0 aromatic carbocycles. The van der Waals surface area contributed by atoms with Crippen LogP contribution in [0, 0.1) is 12.8 Å². The summed E-state index contributed by atoms with van der Waals surface area (Å²) in [7, 11) is 0.